The largest absolute Gasteiger partial charge is 0.497 e. The third-order valence-corrected chi connectivity index (χ3v) is 5.52. The summed E-state index contributed by atoms with van der Waals surface area (Å²) in [5, 5.41) is 3.35. The highest BCUT2D eigenvalue weighted by Crippen LogP contribution is 2.26. The molecule has 1 amide bonds. The molecule has 0 radical (unpaired) electrons. The van der Waals surface area contributed by atoms with Crippen molar-refractivity contribution in [2.24, 2.45) is 0 Å². The summed E-state index contributed by atoms with van der Waals surface area (Å²) in [7, 11) is 1.66. The van der Waals surface area contributed by atoms with Crippen molar-refractivity contribution < 1.29 is 9.53 Å². The molecule has 1 saturated heterocycles. The number of fused-ring (bicyclic) bond motifs is 1. The Balaban J connectivity index is 1.32. The lowest BCUT2D eigenvalue weighted by Gasteiger charge is -2.19. The molecule has 1 fully saturated rings. The maximum atomic E-state index is 12.6. The molecule has 2 aliphatic rings. The van der Waals surface area contributed by atoms with Gasteiger partial charge in [-0.3, -0.25) is 4.79 Å². The van der Waals surface area contributed by atoms with Gasteiger partial charge in [-0.15, -0.1) is 0 Å². The molecule has 1 aromatic carbocycles. The Hall–Kier alpha value is -2.47. The predicted octanol–water partition coefficient (Wildman–Crippen LogP) is 2.08. The van der Waals surface area contributed by atoms with Crippen molar-refractivity contribution in [2.45, 2.75) is 38.1 Å². The van der Waals surface area contributed by atoms with Crippen molar-refractivity contribution in [1.29, 1.82) is 0 Å². The molecule has 6 heteroatoms. The molecular weight excluding hydrogens is 340 g/mol. The number of carbonyl (C=O) groups is 1. The van der Waals surface area contributed by atoms with Crippen LogP contribution in [0.25, 0.3) is 0 Å². The number of aryl methyl sites for hydroxylation is 1. The van der Waals surface area contributed by atoms with Gasteiger partial charge in [0.1, 0.15) is 11.6 Å². The van der Waals surface area contributed by atoms with Crippen LogP contribution in [0.4, 0.5) is 0 Å². The fraction of sp³-hybridized carbons (Fsp3) is 0.476. The minimum Gasteiger partial charge on any atom is -0.497 e. The molecule has 0 saturated carbocycles. The van der Waals surface area contributed by atoms with Crippen LogP contribution in [0, 0.1) is 0 Å². The number of rotatable bonds is 5. The summed E-state index contributed by atoms with van der Waals surface area (Å²) in [6.07, 6.45) is 5.16. The minimum absolute atomic E-state index is 0.218. The van der Waals surface area contributed by atoms with Crippen LogP contribution in [-0.4, -0.2) is 47.5 Å². The van der Waals surface area contributed by atoms with Crippen molar-refractivity contribution in [3.05, 3.63) is 53.1 Å². The molecule has 142 valence electrons. The fourth-order valence-corrected chi connectivity index (χ4v) is 3.85. The first kappa shape index (κ1) is 17.9. The molecule has 4 rings (SSSR count). The molecule has 1 aromatic heterocycles. The van der Waals surface area contributed by atoms with Crippen LogP contribution in [0.15, 0.2) is 30.5 Å². The quantitative estimate of drug-likeness (QED) is 0.878. The van der Waals surface area contributed by atoms with Crippen molar-refractivity contribution in [2.75, 3.05) is 26.7 Å². The highest BCUT2D eigenvalue weighted by atomic mass is 16.5. The molecular formula is C21H26N4O2. The lowest BCUT2D eigenvalue weighted by atomic mass is 10.1. The second-order valence-electron chi connectivity index (χ2n) is 7.30. The number of nitrogens with zero attached hydrogens (tertiary/aromatic N) is 3. The van der Waals surface area contributed by atoms with Crippen molar-refractivity contribution in [3.63, 3.8) is 0 Å². The Bertz CT molecular complexity index is 806. The normalized spacial score (nSPS) is 19.0. The lowest BCUT2D eigenvalue weighted by molar-refractivity contribution is -0.130. The smallest absolute Gasteiger partial charge is 0.222 e. The van der Waals surface area contributed by atoms with Gasteiger partial charge in [-0.05, 0) is 30.5 Å². The van der Waals surface area contributed by atoms with E-state index in [4.69, 9.17) is 9.72 Å². The average molecular weight is 366 g/mol. The molecule has 0 bridgehead atoms. The predicted molar refractivity (Wildman–Crippen MR) is 103 cm³/mol. The fourth-order valence-electron chi connectivity index (χ4n) is 3.85. The van der Waals surface area contributed by atoms with Crippen LogP contribution < -0.4 is 10.1 Å². The van der Waals surface area contributed by atoms with Crippen LogP contribution in [0.5, 0.6) is 5.75 Å². The summed E-state index contributed by atoms with van der Waals surface area (Å²) in [5.74, 6) is 2.22. The molecule has 1 N–H and O–H groups in total. The van der Waals surface area contributed by atoms with Gasteiger partial charge in [0.05, 0.1) is 7.11 Å². The van der Waals surface area contributed by atoms with Crippen molar-refractivity contribution in [1.82, 2.24) is 20.2 Å². The Morgan fingerprint density at radius 1 is 1.33 bits per heavy atom. The van der Waals surface area contributed by atoms with Gasteiger partial charge in [-0.25, -0.2) is 9.97 Å². The molecule has 3 heterocycles. The van der Waals surface area contributed by atoms with E-state index in [0.29, 0.717) is 6.42 Å². The maximum Gasteiger partial charge on any atom is 0.222 e. The lowest BCUT2D eigenvalue weighted by Crippen LogP contribution is -2.29. The number of hydrogen-bond donors (Lipinski definition) is 1. The topological polar surface area (TPSA) is 67.3 Å². The van der Waals surface area contributed by atoms with Gasteiger partial charge < -0.3 is 15.0 Å². The molecule has 1 atom stereocenters. The van der Waals surface area contributed by atoms with E-state index < -0.39 is 0 Å². The van der Waals surface area contributed by atoms with E-state index in [9.17, 15) is 4.79 Å². The standard InChI is InChI=1S/C21H26N4O2/c1-27-18-5-2-15(3-6-18)4-7-20(26)25-11-9-16(14-25)21-23-13-17-12-22-10-8-19(17)24-21/h2-3,5-6,13,16,22H,4,7-12,14H2,1H3. The van der Waals surface area contributed by atoms with Gasteiger partial charge >= 0.3 is 0 Å². The maximum absolute atomic E-state index is 12.6. The van der Waals surface area contributed by atoms with E-state index in [1.165, 1.54) is 11.3 Å². The average Bonchev–Trinajstić information content (AvgIpc) is 3.22. The minimum atomic E-state index is 0.218. The van der Waals surface area contributed by atoms with Gasteiger partial charge in [0.2, 0.25) is 5.91 Å². The summed E-state index contributed by atoms with van der Waals surface area (Å²) in [6.45, 7) is 3.37. The number of nitrogens with one attached hydrogen (secondary N) is 1. The third-order valence-electron chi connectivity index (χ3n) is 5.52. The number of methoxy groups -OCH3 is 1. The monoisotopic (exact) mass is 366 g/mol. The summed E-state index contributed by atoms with van der Waals surface area (Å²) in [4.78, 5) is 23.9. The first-order chi connectivity index (χ1) is 13.2. The number of carbonyl (C=O) groups excluding carboxylic acids is 1. The molecule has 0 spiro atoms. The summed E-state index contributed by atoms with van der Waals surface area (Å²) < 4.78 is 5.17. The number of ether oxygens (including phenoxy) is 1. The molecule has 2 aliphatic heterocycles. The van der Waals surface area contributed by atoms with E-state index in [1.54, 1.807) is 7.11 Å². The van der Waals surface area contributed by atoms with Crippen LogP contribution in [0.2, 0.25) is 0 Å². The Kier molecular flexibility index (Phi) is 5.34. The molecule has 6 nitrogen and oxygen atoms in total. The molecule has 27 heavy (non-hydrogen) atoms. The van der Waals surface area contributed by atoms with Crippen LogP contribution in [0.3, 0.4) is 0 Å². The SMILES string of the molecule is COc1ccc(CCC(=O)N2CCC(c3ncc4c(n3)CCNC4)C2)cc1. The van der Waals surface area contributed by atoms with Gasteiger partial charge in [0.25, 0.3) is 0 Å². The zero-order valence-corrected chi connectivity index (χ0v) is 15.8. The zero-order valence-electron chi connectivity index (χ0n) is 15.8. The van der Waals surface area contributed by atoms with E-state index in [-0.39, 0.29) is 11.8 Å². The van der Waals surface area contributed by atoms with E-state index in [0.717, 1.165) is 62.6 Å². The highest BCUT2D eigenvalue weighted by molar-refractivity contribution is 5.76. The van der Waals surface area contributed by atoms with E-state index in [2.05, 4.69) is 10.3 Å². The number of likely N-dealkylation sites (tertiary alicyclic amines) is 1. The summed E-state index contributed by atoms with van der Waals surface area (Å²) in [5.41, 5.74) is 3.53. The van der Waals surface area contributed by atoms with Crippen LogP contribution >= 0.6 is 0 Å². The van der Waals surface area contributed by atoms with Crippen molar-refractivity contribution in [3.8, 4) is 5.75 Å². The molecule has 1 unspecified atom stereocenters. The number of benzene rings is 1. The Labute approximate surface area is 160 Å². The van der Waals surface area contributed by atoms with Crippen molar-refractivity contribution >= 4 is 5.91 Å². The molecule has 0 aliphatic carbocycles. The first-order valence-electron chi connectivity index (χ1n) is 9.69. The van der Waals surface area contributed by atoms with Gasteiger partial charge in [-0.2, -0.15) is 0 Å². The highest BCUT2D eigenvalue weighted by Gasteiger charge is 2.29. The Morgan fingerprint density at radius 2 is 2.19 bits per heavy atom. The van der Waals surface area contributed by atoms with E-state index >= 15 is 0 Å². The zero-order chi connectivity index (χ0) is 18.6. The van der Waals surface area contributed by atoms with Crippen LogP contribution in [0.1, 0.15) is 41.4 Å². The number of amides is 1. The first-order valence-corrected chi connectivity index (χ1v) is 9.69. The third kappa shape index (κ3) is 4.11. The second-order valence-corrected chi connectivity index (χ2v) is 7.30. The number of hydrogen-bond acceptors (Lipinski definition) is 5. The molecule has 2 aromatic rings. The second kappa shape index (κ2) is 8.05. The van der Waals surface area contributed by atoms with Gasteiger partial charge in [0.15, 0.2) is 0 Å². The number of aromatic nitrogens is 2. The van der Waals surface area contributed by atoms with E-state index in [1.807, 2.05) is 35.4 Å². The van der Waals surface area contributed by atoms with Gasteiger partial charge in [0, 0.05) is 62.4 Å². The van der Waals surface area contributed by atoms with Gasteiger partial charge in [-0.1, -0.05) is 12.1 Å². The summed E-state index contributed by atoms with van der Waals surface area (Å²) >= 11 is 0. The Morgan fingerprint density at radius 3 is 3.00 bits per heavy atom. The summed E-state index contributed by atoms with van der Waals surface area (Å²) in [6, 6.07) is 7.92. The van der Waals surface area contributed by atoms with Crippen LogP contribution in [-0.2, 0) is 24.2 Å².